The Balaban J connectivity index is 0.00000420. The molecular formula is C19H26F3IN4O2. The summed E-state index contributed by atoms with van der Waals surface area (Å²) < 4.78 is 44.9. The second kappa shape index (κ2) is 11.9. The molecule has 0 spiro atoms. The van der Waals surface area contributed by atoms with Crippen molar-refractivity contribution in [3.63, 3.8) is 0 Å². The molecule has 0 bridgehead atoms. The predicted octanol–water partition coefficient (Wildman–Crippen LogP) is 3.16. The Labute approximate surface area is 185 Å². The van der Waals surface area contributed by atoms with Crippen LogP contribution in [0.15, 0.2) is 47.7 Å². The molecule has 0 aliphatic heterocycles. The summed E-state index contributed by atoms with van der Waals surface area (Å²) in [6.07, 6.45) is -1.33. The second-order valence-electron chi connectivity index (χ2n) is 6.25. The molecule has 162 valence electrons. The standard InChI is InChI=1S/C19H25F3N4O2.HI/c1-3-23-18(24-10-14-8-9-26(2)12-14)25-11-16(27)13-28-17-6-4-15(5-7-17)19(20,21)22;/h4-9,12,16,27H,3,10-11,13H2,1-2H3,(H2,23,24,25);1H. The number of hydrogen-bond acceptors (Lipinski definition) is 3. The number of halogens is 4. The van der Waals surface area contributed by atoms with E-state index in [1.807, 2.05) is 37.0 Å². The van der Waals surface area contributed by atoms with Gasteiger partial charge in [-0.1, -0.05) is 0 Å². The van der Waals surface area contributed by atoms with Crippen LogP contribution in [0.1, 0.15) is 18.1 Å². The highest BCUT2D eigenvalue weighted by atomic mass is 127. The molecule has 0 fully saturated rings. The number of aliphatic hydroxyl groups excluding tert-OH is 1. The first-order valence-electron chi connectivity index (χ1n) is 8.89. The summed E-state index contributed by atoms with van der Waals surface area (Å²) in [6, 6.07) is 6.32. The van der Waals surface area contributed by atoms with Crippen molar-refractivity contribution in [1.29, 1.82) is 0 Å². The quantitative estimate of drug-likeness (QED) is 0.281. The molecule has 1 heterocycles. The van der Waals surface area contributed by atoms with Gasteiger partial charge in [-0.2, -0.15) is 13.2 Å². The van der Waals surface area contributed by atoms with Crippen LogP contribution in [-0.4, -0.2) is 41.4 Å². The third-order valence-corrected chi connectivity index (χ3v) is 3.79. The summed E-state index contributed by atoms with van der Waals surface area (Å²) in [5.41, 5.74) is 0.317. The zero-order valence-corrected chi connectivity index (χ0v) is 18.6. The molecule has 1 unspecified atom stereocenters. The SMILES string of the molecule is CCNC(=NCc1ccn(C)c1)NCC(O)COc1ccc(C(F)(F)F)cc1.I. The Hall–Kier alpha value is -1.95. The van der Waals surface area contributed by atoms with E-state index in [-0.39, 0.29) is 42.9 Å². The number of hydrogen-bond donors (Lipinski definition) is 3. The number of benzene rings is 1. The number of nitrogens with one attached hydrogen (secondary N) is 2. The van der Waals surface area contributed by atoms with Crippen molar-refractivity contribution >= 4 is 29.9 Å². The monoisotopic (exact) mass is 526 g/mol. The minimum atomic E-state index is -4.39. The van der Waals surface area contributed by atoms with Crippen molar-refractivity contribution in [3.8, 4) is 5.75 Å². The Morgan fingerprint density at radius 1 is 1.21 bits per heavy atom. The molecule has 0 saturated heterocycles. The predicted molar refractivity (Wildman–Crippen MR) is 117 cm³/mol. The number of guanidine groups is 1. The molecule has 2 rings (SSSR count). The van der Waals surface area contributed by atoms with Crippen molar-refractivity contribution in [2.24, 2.45) is 12.0 Å². The zero-order valence-electron chi connectivity index (χ0n) is 16.2. The van der Waals surface area contributed by atoms with Crippen molar-refractivity contribution in [2.45, 2.75) is 25.7 Å². The van der Waals surface area contributed by atoms with E-state index in [0.717, 1.165) is 17.7 Å². The minimum Gasteiger partial charge on any atom is -0.491 e. The highest BCUT2D eigenvalue weighted by Crippen LogP contribution is 2.30. The van der Waals surface area contributed by atoms with E-state index in [1.165, 1.54) is 12.1 Å². The highest BCUT2D eigenvalue weighted by molar-refractivity contribution is 14.0. The lowest BCUT2D eigenvalue weighted by Gasteiger charge is -2.16. The number of alkyl halides is 3. The van der Waals surface area contributed by atoms with E-state index >= 15 is 0 Å². The van der Waals surface area contributed by atoms with Crippen LogP contribution in [0.4, 0.5) is 13.2 Å². The fourth-order valence-corrected chi connectivity index (χ4v) is 2.37. The van der Waals surface area contributed by atoms with E-state index in [1.54, 1.807) is 0 Å². The maximum absolute atomic E-state index is 12.5. The van der Waals surface area contributed by atoms with Gasteiger partial charge in [-0.3, -0.25) is 0 Å². The average Bonchev–Trinajstić information content (AvgIpc) is 3.07. The van der Waals surface area contributed by atoms with Crippen LogP contribution in [0.5, 0.6) is 5.75 Å². The van der Waals surface area contributed by atoms with Gasteiger partial charge in [0.25, 0.3) is 0 Å². The summed E-state index contributed by atoms with van der Waals surface area (Å²) in [4.78, 5) is 4.44. The first-order valence-corrected chi connectivity index (χ1v) is 8.89. The van der Waals surface area contributed by atoms with Gasteiger partial charge in [0.15, 0.2) is 5.96 Å². The molecular weight excluding hydrogens is 500 g/mol. The second-order valence-corrected chi connectivity index (χ2v) is 6.25. The molecule has 29 heavy (non-hydrogen) atoms. The fourth-order valence-electron chi connectivity index (χ4n) is 2.37. The number of aromatic nitrogens is 1. The molecule has 0 aliphatic rings. The van der Waals surface area contributed by atoms with Crippen molar-refractivity contribution in [3.05, 3.63) is 53.9 Å². The molecule has 3 N–H and O–H groups in total. The van der Waals surface area contributed by atoms with Crippen molar-refractivity contribution in [1.82, 2.24) is 15.2 Å². The topological polar surface area (TPSA) is 70.8 Å². The van der Waals surface area contributed by atoms with Gasteiger partial charge >= 0.3 is 6.18 Å². The van der Waals surface area contributed by atoms with Gasteiger partial charge in [0.1, 0.15) is 18.5 Å². The third-order valence-electron chi connectivity index (χ3n) is 3.79. The normalized spacial score (nSPS) is 12.8. The molecule has 6 nitrogen and oxygen atoms in total. The molecule has 2 aromatic rings. The highest BCUT2D eigenvalue weighted by Gasteiger charge is 2.30. The number of aliphatic hydroxyl groups is 1. The summed E-state index contributed by atoms with van der Waals surface area (Å²) >= 11 is 0. The maximum Gasteiger partial charge on any atom is 0.416 e. The van der Waals surface area contributed by atoms with Gasteiger partial charge in [-0.05, 0) is 42.8 Å². The maximum atomic E-state index is 12.5. The van der Waals surface area contributed by atoms with Crippen molar-refractivity contribution in [2.75, 3.05) is 19.7 Å². The fraction of sp³-hybridized carbons (Fsp3) is 0.421. The summed E-state index contributed by atoms with van der Waals surface area (Å²) in [5.74, 6) is 0.816. The van der Waals surface area contributed by atoms with E-state index < -0.39 is 17.8 Å². The van der Waals surface area contributed by atoms with Crippen LogP contribution >= 0.6 is 24.0 Å². The molecule has 0 aliphatic carbocycles. The number of aliphatic imine (C=N–C) groups is 1. The minimum absolute atomic E-state index is 0. The average molecular weight is 526 g/mol. The smallest absolute Gasteiger partial charge is 0.416 e. The van der Waals surface area contributed by atoms with Gasteiger partial charge in [0.2, 0.25) is 0 Å². The van der Waals surface area contributed by atoms with Crippen molar-refractivity contribution < 1.29 is 23.0 Å². The molecule has 0 radical (unpaired) electrons. The first-order chi connectivity index (χ1) is 13.3. The van der Waals surface area contributed by atoms with E-state index in [9.17, 15) is 18.3 Å². The Bertz CT molecular complexity index is 764. The van der Waals surface area contributed by atoms with E-state index in [0.29, 0.717) is 19.0 Å². The van der Waals surface area contributed by atoms with Crippen LogP contribution in [0.2, 0.25) is 0 Å². The number of rotatable bonds is 8. The molecule has 1 aromatic carbocycles. The first kappa shape index (κ1) is 25.1. The van der Waals surface area contributed by atoms with E-state index in [2.05, 4.69) is 15.6 Å². The molecule has 1 atom stereocenters. The van der Waals surface area contributed by atoms with Gasteiger partial charge < -0.3 is 25.0 Å². The van der Waals surface area contributed by atoms with Gasteiger partial charge in [0.05, 0.1) is 12.1 Å². The van der Waals surface area contributed by atoms with Gasteiger partial charge in [-0.15, -0.1) is 24.0 Å². The van der Waals surface area contributed by atoms with E-state index in [4.69, 9.17) is 4.74 Å². The van der Waals surface area contributed by atoms with Crippen LogP contribution < -0.4 is 15.4 Å². The third kappa shape index (κ3) is 8.94. The lowest BCUT2D eigenvalue weighted by Crippen LogP contribution is -2.42. The summed E-state index contributed by atoms with van der Waals surface area (Å²) in [6.45, 7) is 3.22. The Morgan fingerprint density at radius 2 is 1.90 bits per heavy atom. The molecule has 10 heteroatoms. The largest absolute Gasteiger partial charge is 0.491 e. The molecule has 0 saturated carbocycles. The van der Waals surface area contributed by atoms with Gasteiger partial charge in [-0.25, -0.2) is 4.99 Å². The lowest BCUT2D eigenvalue weighted by atomic mass is 10.2. The molecule has 1 aromatic heterocycles. The number of nitrogens with zero attached hydrogens (tertiary/aromatic N) is 2. The zero-order chi connectivity index (χ0) is 20.6. The lowest BCUT2D eigenvalue weighted by molar-refractivity contribution is -0.137. The summed E-state index contributed by atoms with van der Waals surface area (Å²) in [7, 11) is 1.93. The van der Waals surface area contributed by atoms with Crippen LogP contribution in [0.3, 0.4) is 0 Å². The number of ether oxygens (including phenoxy) is 1. The van der Waals surface area contributed by atoms with Gasteiger partial charge in [0, 0.05) is 32.5 Å². The number of aryl methyl sites for hydroxylation is 1. The van der Waals surface area contributed by atoms with Crippen LogP contribution in [-0.2, 0) is 19.8 Å². The molecule has 0 amide bonds. The summed E-state index contributed by atoms with van der Waals surface area (Å²) in [5, 5.41) is 16.1. The Morgan fingerprint density at radius 3 is 2.45 bits per heavy atom. The van der Waals surface area contributed by atoms with Crippen LogP contribution in [0.25, 0.3) is 0 Å². The Kier molecular flexibility index (Phi) is 10.3. The van der Waals surface area contributed by atoms with Crippen LogP contribution in [0, 0.1) is 0 Å².